The minimum absolute atomic E-state index is 0.0724. The van der Waals surface area contributed by atoms with E-state index in [-0.39, 0.29) is 25.7 Å². The van der Waals surface area contributed by atoms with E-state index in [0.29, 0.717) is 0 Å². The summed E-state index contributed by atoms with van der Waals surface area (Å²) in [7, 11) is 0. The minimum atomic E-state index is -1.19. The van der Waals surface area contributed by atoms with Crippen molar-refractivity contribution in [3.8, 4) is 0 Å². The molecule has 2 aromatic heterocycles. The van der Waals surface area contributed by atoms with Crippen LogP contribution >= 0.6 is 0 Å². The minimum Gasteiger partial charge on any atom is -0.480 e. The SMILES string of the molecule is O=C(CCC(=O)N[C@@H](Cc1c[nH]c2ccccc12)C(=O)O)N[C@@H](Cc1c[nH]c2ccccc12)C(=O)O. The average Bonchev–Trinajstić information content (AvgIpc) is 3.46. The van der Waals surface area contributed by atoms with Crippen LogP contribution in [0.2, 0.25) is 0 Å². The quantitative estimate of drug-likeness (QED) is 0.189. The van der Waals surface area contributed by atoms with Crippen molar-refractivity contribution in [1.82, 2.24) is 20.6 Å². The molecule has 6 N–H and O–H groups in total. The van der Waals surface area contributed by atoms with Gasteiger partial charge in [-0.3, -0.25) is 9.59 Å². The molecule has 0 aliphatic rings. The van der Waals surface area contributed by atoms with Crippen molar-refractivity contribution in [2.24, 2.45) is 0 Å². The first-order valence-electron chi connectivity index (χ1n) is 11.5. The zero-order chi connectivity index (χ0) is 25.7. The van der Waals surface area contributed by atoms with Gasteiger partial charge in [-0.25, -0.2) is 9.59 Å². The fraction of sp³-hybridized carbons (Fsp3) is 0.231. The Morgan fingerprint density at radius 1 is 0.667 bits per heavy atom. The van der Waals surface area contributed by atoms with E-state index >= 15 is 0 Å². The molecule has 0 aliphatic carbocycles. The largest absolute Gasteiger partial charge is 0.480 e. The first kappa shape index (κ1) is 24.5. The number of hydrogen-bond donors (Lipinski definition) is 6. The van der Waals surface area contributed by atoms with Gasteiger partial charge in [0.05, 0.1) is 0 Å². The Morgan fingerprint density at radius 3 is 1.44 bits per heavy atom. The van der Waals surface area contributed by atoms with Gasteiger partial charge in [0, 0.05) is 59.9 Å². The van der Waals surface area contributed by atoms with Gasteiger partial charge in [-0.1, -0.05) is 36.4 Å². The van der Waals surface area contributed by atoms with Crippen molar-refractivity contribution in [3.63, 3.8) is 0 Å². The van der Waals surface area contributed by atoms with Gasteiger partial charge in [0.25, 0.3) is 0 Å². The summed E-state index contributed by atoms with van der Waals surface area (Å²) in [5.74, 6) is -3.60. The van der Waals surface area contributed by atoms with Crippen molar-refractivity contribution in [2.75, 3.05) is 0 Å². The van der Waals surface area contributed by atoms with Crippen LogP contribution in [0.1, 0.15) is 24.0 Å². The Kier molecular flexibility index (Phi) is 7.33. The molecule has 10 heteroatoms. The Morgan fingerprint density at radius 2 is 1.06 bits per heavy atom. The highest BCUT2D eigenvalue weighted by Gasteiger charge is 2.24. The van der Waals surface area contributed by atoms with Crippen LogP contribution in [0.25, 0.3) is 21.8 Å². The van der Waals surface area contributed by atoms with E-state index in [1.807, 2.05) is 48.5 Å². The van der Waals surface area contributed by atoms with E-state index in [4.69, 9.17) is 0 Å². The lowest BCUT2D eigenvalue weighted by molar-refractivity contribution is -0.142. The highest BCUT2D eigenvalue weighted by Crippen LogP contribution is 2.20. The highest BCUT2D eigenvalue weighted by molar-refractivity contribution is 5.90. The fourth-order valence-corrected chi connectivity index (χ4v) is 4.20. The smallest absolute Gasteiger partial charge is 0.326 e. The number of aromatic nitrogens is 2. The summed E-state index contributed by atoms with van der Waals surface area (Å²) in [4.78, 5) is 54.4. The number of carbonyl (C=O) groups is 4. The average molecular weight is 491 g/mol. The van der Waals surface area contributed by atoms with E-state index in [2.05, 4.69) is 20.6 Å². The summed E-state index contributed by atoms with van der Waals surface area (Å²) < 4.78 is 0. The van der Waals surface area contributed by atoms with Crippen LogP contribution < -0.4 is 10.6 Å². The molecule has 4 aromatic rings. The number of fused-ring (bicyclic) bond motifs is 2. The third-order valence-corrected chi connectivity index (χ3v) is 6.04. The van der Waals surface area contributed by atoms with Crippen LogP contribution in [0.5, 0.6) is 0 Å². The van der Waals surface area contributed by atoms with Gasteiger partial charge in [0.1, 0.15) is 12.1 Å². The van der Waals surface area contributed by atoms with E-state index < -0.39 is 35.8 Å². The molecule has 0 radical (unpaired) electrons. The molecular weight excluding hydrogens is 464 g/mol. The number of para-hydroxylation sites is 2. The summed E-state index contributed by atoms with van der Waals surface area (Å²) in [6, 6.07) is 12.5. The van der Waals surface area contributed by atoms with E-state index in [1.165, 1.54) is 0 Å². The molecule has 10 nitrogen and oxygen atoms in total. The first-order chi connectivity index (χ1) is 17.3. The standard InChI is InChI=1S/C26H26N4O6/c31-23(29-21(25(33)34)11-15-13-27-19-7-3-1-5-17(15)19)9-10-24(32)30-22(26(35)36)12-16-14-28-20-8-4-2-6-18(16)20/h1-8,13-14,21-22,27-28H,9-12H2,(H,29,31)(H,30,32)(H,33,34)(H,35,36)/t21-,22-/m0/s1. The fourth-order valence-electron chi connectivity index (χ4n) is 4.20. The van der Waals surface area contributed by atoms with Crippen LogP contribution in [-0.4, -0.2) is 56.0 Å². The van der Waals surface area contributed by atoms with Gasteiger partial charge in [-0.2, -0.15) is 0 Å². The molecule has 36 heavy (non-hydrogen) atoms. The summed E-state index contributed by atoms with van der Waals surface area (Å²) in [5, 5.41) is 25.8. The van der Waals surface area contributed by atoms with Crippen molar-refractivity contribution < 1.29 is 29.4 Å². The highest BCUT2D eigenvalue weighted by atomic mass is 16.4. The number of benzene rings is 2. The Balaban J connectivity index is 1.31. The zero-order valence-electron chi connectivity index (χ0n) is 19.3. The van der Waals surface area contributed by atoms with Gasteiger partial charge in [0.2, 0.25) is 11.8 Å². The van der Waals surface area contributed by atoms with Crippen LogP contribution in [-0.2, 0) is 32.0 Å². The zero-order valence-corrected chi connectivity index (χ0v) is 19.3. The molecule has 0 bridgehead atoms. The molecule has 0 spiro atoms. The molecule has 0 aliphatic heterocycles. The summed E-state index contributed by atoms with van der Waals surface area (Å²) >= 11 is 0. The molecule has 2 aromatic carbocycles. The second kappa shape index (κ2) is 10.8. The van der Waals surface area contributed by atoms with Crippen molar-refractivity contribution >= 4 is 45.6 Å². The monoisotopic (exact) mass is 490 g/mol. The predicted octanol–water partition coefficient (Wildman–Crippen LogP) is 2.35. The summed E-state index contributed by atoms with van der Waals surface area (Å²) in [5.41, 5.74) is 3.22. The third kappa shape index (κ3) is 5.72. The molecule has 0 saturated carbocycles. The van der Waals surface area contributed by atoms with Crippen LogP contribution in [0.15, 0.2) is 60.9 Å². The molecule has 2 heterocycles. The lowest BCUT2D eigenvalue weighted by Gasteiger charge is -2.16. The number of aromatic amines is 2. The van der Waals surface area contributed by atoms with E-state index in [1.54, 1.807) is 12.4 Å². The maximum atomic E-state index is 12.4. The van der Waals surface area contributed by atoms with Crippen molar-refractivity contribution in [1.29, 1.82) is 0 Å². The van der Waals surface area contributed by atoms with Crippen LogP contribution in [0.4, 0.5) is 0 Å². The number of carbonyl (C=O) groups excluding carboxylic acids is 2. The number of amides is 2. The number of aliphatic carboxylic acids is 2. The van der Waals surface area contributed by atoms with E-state index in [0.717, 1.165) is 32.9 Å². The Bertz CT molecular complexity index is 1310. The molecule has 4 rings (SSSR count). The molecule has 2 atom stereocenters. The van der Waals surface area contributed by atoms with Crippen LogP contribution in [0, 0.1) is 0 Å². The molecule has 0 unspecified atom stereocenters. The van der Waals surface area contributed by atoms with Crippen molar-refractivity contribution in [2.45, 2.75) is 37.8 Å². The van der Waals surface area contributed by atoms with Gasteiger partial charge >= 0.3 is 11.9 Å². The normalized spacial score (nSPS) is 12.8. The van der Waals surface area contributed by atoms with Gasteiger partial charge < -0.3 is 30.8 Å². The number of nitrogens with one attached hydrogen (secondary N) is 4. The lowest BCUT2D eigenvalue weighted by Crippen LogP contribution is -2.44. The number of H-pyrrole nitrogens is 2. The Hall–Kier alpha value is -4.60. The number of carboxylic acid groups (broad SMARTS) is 2. The second-order valence-corrected chi connectivity index (χ2v) is 8.54. The molecule has 2 amide bonds. The summed E-state index contributed by atoms with van der Waals surface area (Å²) in [6.45, 7) is 0. The third-order valence-electron chi connectivity index (χ3n) is 6.04. The maximum absolute atomic E-state index is 12.4. The second-order valence-electron chi connectivity index (χ2n) is 8.54. The predicted molar refractivity (Wildman–Crippen MR) is 132 cm³/mol. The molecule has 186 valence electrons. The van der Waals surface area contributed by atoms with Crippen LogP contribution in [0.3, 0.4) is 0 Å². The van der Waals surface area contributed by atoms with Gasteiger partial charge in [-0.05, 0) is 23.3 Å². The molecule has 0 fully saturated rings. The van der Waals surface area contributed by atoms with Gasteiger partial charge in [-0.15, -0.1) is 0 Å². The van der Waals surface area contributed by atoms with Crippen molar-refractivity contribution in [3.05, 3.63) is 72.1 Å². The number of hydrogen-bond acceptors (Lipinski definition) is 4. The summed E-state index contributed by atoms with van der Waals surface area (Å²) in [6.07, 6.45) is 3.01. The maximum Gasteiger partial charge on any atom is 0.326 e. The number of carboxylic acids is 2. The first-order valence-corrected chi connectivity index (χ1v) is 11.5. The topological polar surface area (TPSA) is 164 Å². The van der Waals surface area contributed by atoms with Gasteiger partial charge in [0.15, 0.2) is 0 Å². The Labute approximate surface area is 205 Å². The molecular formula is C26H26N4O6. The van der Waals surface area contributed by atoms with E-state index in [9.17, 15) is 29.4 Å². The number of rotatable bonds is 11. The molecule has 0 saturated heterocycles. The lowest BCUT2D eigenvalue weighted by atomic mass is 10.0.